The molecule has 1 aromatic rings. The third-order valence-corrected chi connectivity index (χ3v) is 3.93. The Bertz CT molecular complexity index is 461. The van der Waals surface area contributed by atoms with E-state index in [0.29, 0.717) is 12.2 Å². The van der Waals surface area contributed by atoms with Gasteiger partial charge < -0.3 is 15.0 Å². The van der Waals surface area contributed by atoms with Crippen molar-refractivity contribution in [2.75, 3.05) is 6.54 Å². The molecule has 5 nitrogen and oxygen atoms in total. The quantitative estimate of drug-likeness (QED) is 0.838. The summed E-state index contributed by atoms with van der Waals surface area (Å²) in [4.78, 5) is 22.7. The van der Waals surface area contributed by atoms with Gasteiger partial charge in [0.05, 0.1) is 0 Å². The summed E-state index contributed by atoms with van der Waals surface area (Å²) in [6.07, 6.45) is 9.12. The van der Waals surface area contributed by atoms with Gasteiger partial charge >= 0.3 is 5.97 Å². The van der Waals surface area contributed by atoms with Crippen LogP contribution < -0.4 is 5.32 Å². The van der Waals surface area contributed by atoms with Crippen molar-refractivity contribution in [1.82, 2.24) is 9.88 Å². The number of carboxylic acids is 1. The first kappa shape index (κ1) is 14.6. The molecule has 0 aromatic carbocycles. The molecule has 20 heavy (non-hydrogen) atoms. The molecule has 1 fully saturated rings. The average molecular weight is 278 g/mol. The molecule has 1 aromatic heterocycles. The van der Waals surface area contributed by atoms with E-state index < -0.39 is 5.97 Å². The first-order valence-electron chi connectivity index (χ1n) is 7.32. The molecule has 1 aliphatic carbocycles. The van der Waals surface area contributed by atoms with Crippen molar-refractivity contribution in [3.8, 4) is 0 Å². The van der Waals surface area contributed by atoms with Crippen LogP contribution in [0.4, 0.5) is 0 Å². The van der Waals surface area contributed by atoms with Gasteiger partial charge in [-0.2, -0.15) is 0 Å². The lowest BCUT2D eigenvalue weighted by atomic mass is 9.87. The van der Waals surface area contributed by atoms with Gasteiger partial charge in [0, 0.05) is 12.7 Å². The third kappa shape index (κ3) is 4.11. The Kier molecular flexibility index (Phi) is 5.21. The number of rotatable bonds is 6. The van der Waals surface area contributed by atoms with Gasteiger partial charge in [-0.1, -0.05) is 32.1 Å². The Balaban J connectivity index is 1.79. The van der Waals surface area contributed by atoms with Crippen LogP contribution in [0.1, 0.15) is 49.0 Å². The van der Waals surface area contributed by atoms with Gasteiger partial charge in [-0.25, -0.2) is 0 Å². The van der Waals surface area contributed by atoms with E-state index in [1.165, 1.54) is 36.7 Å². The van der Waals surface area contributed by atoms with Crippen molar-refractivity contribution in [1.29, 1.82) is 0 Å². The van der Waals surface area contributed by atoms with Crippen LogP contribution in [0.25, 0.3) is 0 Å². The monoisotopic (exact) mass is 278 g/mol. The van der Waals surface area contributed by atoms with Gasteiger partial charge in [-0.15, -0.1) is 0 Å². The summed E-state index contributed by atoms with van der Waals surface area (Å²) in [5.41, 5.74) is 0.413. The topological polar surface area (TPSA) is 71.3 Å². The van der Waals surface area contributed by atoms with Crippen LogP contribution in [0.2, 0.25) is 0 Å². The molecule has 0 bridgehead atoms. The molecule has 0 unspecified atom stereocenters. The number of aromatic nitrogens is 1. The number of hydrogen-bond donors (Lipinski definition) is 2. The predicted molar refractivity (Wildman–Crippen MR) is 75.6 cm³/mol. The highest BCUT2D eigenvalue weighted by atomic mass is 16.4. The summed E-state index contributed by atoms with van der Waals surface area (Å²) in [5.74, 6) is -0.403. The SMILES string of the molecule is O=C(O)Cn1cccc1C(=O)NCCC1CCCCC1. The maximum absolute atomic E-state index is 12.0. The highest BCUT2D eigenvalue weighted by molar-refractivity contribution is 5.93. The molecule has 110 valence electrons. The molecule has 2 rings (SSSR count). The Morgan fingerprint density at radius 3 is 2.75 bits per heavy atom. The summed E-state index contributed by atoms with van der Waals surface area (Å²) >= 11 is 0. The summed E-state index contributed by atoms with van der Waals surface area (Å²) in [7, 11) is 0. The molecule has 1 aliphatic rings. The molecular formula is C15H22N2O3. The third-order valence-electron chi connectivity index (χ3n) is 3.93. The van der Waals surface area contributed by atoms with E-state index in [2.05, 4.69) is 5.32 Å². The first-order valence-corrected chi connectivity index (χ1v) is 7.32. The van der Waals surface area contributed by atoms with Crippen LogP contribution in [0, 0.1) is 5.92 Å². The molecule has 2 N–H and O–H groups in total. The number of carboxylic acid groups (broad SMARTS) is 1. The maximum atomic E-state index is 12.0. The minimum Gasteiger partial charge on any atom is -0.480 e. The molecule has 1 saturated carbocycles. The van der Waals surface area contributed by atoms with Crippen molar-refractivity contribution in [2.45, 2.75) is 45.1 Å². The highest BCUT2D eigenvalue weighted by Gasteiger charge is 2.15. The summed E-state index contributed by atoms with van der Waals surface area (Å²) in [5, 5.41) is 11.7. The zero-order valence-corrected chi connectivity index (χ0v) is 11.7. The van der Waals surface area contributed by atoms with Gasteiger partial charge in [0.1, 0.15) is 12.2 Å². The van der Waals surface area contributed by atoms with Crippen molar-refractivity contribution < 1.29 is 14.7 Å². The van der Waals surface area contributed by atoms with Crippen LogP contribution in [-0.4, -0.2) is 28.1 Å². The number of amides is 1. The molecule has 5 heteroatoms. The normalized spacial score (nSPS) is 16.0. The number of hydrogen-bond acceptors (Lipinski definition) is 2. The zero-order chi connectivity index (χ0) is 14.4. The molecule has 0 atom stereocenters. The lowest BCUT2D eigenvalue weighted by Gasteiger charge is -2.21. The van der Waals surface area contributed by atoms with Crippen LogP contribution >= 0.6 is 0 Å². The number of carbonyl (C=O) groups is 2. The average Bonchev–Trinajstić information content (AvgIpc) is 2.87. The first-order chi connectivity index (χ1) is 9.66. The van der Waals surface area contributed by atoms with E-state index >= 15 is 0 Å². The van der Waals surface area contributed by atoms with Crippen molar-refractivity contribution in [3.63, 3.8) is 0 Å². The van der Waals surface area contributed by atoms with Crippen LogP contribution in [0.5, 0.6) is 0 Å². The summed E-state index contributed by atoms with van der Waals surface area (Å²) in [6.45, 7) is 0.486. The van der Waals surface area contributed by atoms with E-state index in [1.807, 2.05) is 0 Å². The number of aliphatic carboxylic acids is 1. The van der Waals surface area contributed by atoms with Gasteiger partial charge in [0.2, 0.25) is 0 Å². The number of nitrogens with zero attached hydrogens (tertiary/aromatic N) is 1. The van der Waals surface area contributed by atoms with Gasteiger partial charge in [-0.3, -0.25) is 9.59 Å². The van der Waals surface area contributed by atoms with E-state index in [0.717, 1.165) is 12.3 Å². The van der Waals surface area contributed by atoms with Gasteiger partial charge in [-0.05, 0) is 24.5 Å². The second-order valence-corrected chi connectivity index (χ2v) is 5.46. The van der Waals surface area contributed by atoms with Crippen LogP contribution in [0.15, 0.2) is 18.3 Å². The maximum Gasteiger partial charge on any atom is 0.323 e. The van der Waals surface area contributed by atoms with Crippen molar-refractivity contribution >= 4 is 11.9 Å². The predicted octanol–water partition coefficient (Wildman–Crippen LogP) is 2.27. The lowest BCUT2D eigenvalue weighted by molar-refractivity contribution is -0.137. The van der Waals surface area contributed by atoms with E-state index in [9.17, 15) is 9.59 Å². The zero-order valence-electron chi connectivity index (χ0n) is 11.7. The number of nitrogens with one attached hydrogen (secondary N) is 1. The van der Waals surface area contributed by atoms with E-state index in [4.69, 9.17) is 5.11 Å². The Hall–Kier alpha value is -1.78. The van der Waals surface area contributed by atoms with E-state index in [-0.39, 0.29) is 12.5 Å². The fourth-order valence-corrected chi connectivity index (χ4v) is 2.86. The fourth-order valence-electron chi connectivity index (χ4n) is 2.86. The standard InChI is InChI=1S/C15H22N2O3/c18-14(19)11-17-10-4-7-13(17)15(20)16-9-8-12-5-2-1-3-6-12/h4,7,10,12H,1-3,5-6,8-9,11H2,(H,16,20)(H,18,19). The minimum atomic E-state index is -0.947. The molecule has 0 saturated heterocycles. The molecule has 0 aliphatic heterocycles. The lowest BCUT2D eigenvalue weighted by Crippen LogP contribution is -2.29. The largest absolute Gasteiger partial charge is 0.480 e. The molecular weight excluding hydrogens is 256 g/mol. The Morgan fingerprint density at radius 1 is 1.30 bits per heavy atom. The molecule has 0 spiro atoms. The second kappa shape index (κ2) is 7.12. The molecule has 1 heterocycles. The summed E-state index contributed by atoms with van der Waals surface area (Å²) < 4.78 is 1.46. The fraction of sp³-hybridized carbons (Fsp3) is 0.600. The second-order valence-electron chi connectivity index (χ2n) is 5.46. The molecule has 0 radical (unpaired) electrons. The van der Waals surface area contributed by atoms with Crippen LogP contribution in [0.3, 0.4) is 0 Å². The highest BCUT2D eigenvalue weighted by Crippen LogP contribution is 2.25. The van der Waals surface area contributed by atoms with E-state index in [1.54, 1.807) is 18.3 Å². The van der Waals surface area contributed by atoms with Gasteiger partial charge in [0.15, 0.2) is 0 Å². The summed E-state index contributed by atoms with van der Waals surface area (Å²) in [6, 6.07) is 3.35. The van der Waals surface area contributed by atoms with Crippen molar-refractivity contribution in [2.24, 2.45) is 5.92 Å². The molecule has 1 amide bonds. The Labute approximate surface area is 119 Å². The van der Waals surface area contributed by atoms with Crippen molar-refractivity contribution in [3.05, 3.63) is 24.0 Å². The Morgan fingerprint density at radius 2 is 2.05 bits per heavy atom. The minimum absolute atomic E-state index is 0.182. The van der Waals surface area contributed by atoms with Crippen LogP contribution in [-0.2, 0) is 11.3 Å². The number of carbonyl (C=O) groups excluding carboxylic acids is 1. The smallest absolute Gasteiger partial charge is 0.323 e. The van der Waals surface area contributed by atoms with Gasteiger partial charge in [0.25, 0.3) is 5.91 Å².